The Hall–Kier alpha value is -1.10. The van der Waals surface area contributed by atoms with Gasteiger partial charge in [0.05, 0.1) is 12.1 Å². The van der Waals surface area contributed by atoms with Crippen LogP contribution in [-0.4, -0.2) is 29.9 Å². The van der Waals surface area contributed by atoms with E-state index in [0.717, 1.165) is 38.5 Å². The zero-order chi connectivity index (χ0) is 11.6. The Kier molecular flexibility index (Phi) is 3.14. The lowest BCUT2D eigenvalue weighted by molar-refractivity contribution is -0.129. The van der Waals surface area contributed by atoms with Gasteiger partial charge in [0.25, 0.3) is 0 Å². The van der Waals surface area contributed by atoms with Crippen molar-refractivity contribution < 1.29 is 9.59 Å². The number of carbonyl (C=O) groups excluding carboxylic acids is 2. The molecule has 0 heterocycles. The quantitative estimate of drug-likeness (QED) is 0.611. The van der Waals surface area contributed by atoms with Gasteiger partial charge in [0, 0.05) is 6.04 Å². The first-order valence-corrected chi connectivity index (χ1v) is 5.97. The van der Waals surface area contributed by atoms with Crippen molar-refractivity contribution in [1.29, 1.82) is 0 Å². The van der Waals surface area contributed by atoms with E-state index in [2.05, 4.69) is 10.6 Å². The van der Waals surface area contributed by atoms with Crippen molar-refractivity contribution in [2.24, 2.45) is 5.73 Å². The molecule has 0 aromatic rings. The monoisotopic (exact) mass is 225 g/mol. The second-order valence-corrected chi connectivity index (χ2v) is 4.89. The number of hydrogen-bond acceptors (Lipinski definition) is 3. The van der Waals surface area contributed by atoms with Gasteiger partial charge >= 0.3 is 0 Å². The predicted octanol–water partition coefficient (Wildman–Crippen LogP) is -0.347. The molecule has 0 saturated heterocycles. The van der Waals surface area contributed by atoms with Crippen molar-refractivity contribution in [2.75, 3.05) is 6.54 Å². The molecule has 0 aromatic carbocycles. The summed E-state index contributed by atoms with van der Waals surface area (Å²) in [5.74, 6) is -0.298. The van der Waals surface area contributed by atoms with E-state index in [1.807, 2.05) is 0 Å². The van der Waals surface area contributed by atoms with Crippen LogP contribution in [0.25, 0.3) is 0 Å². The summed E-state index contributed by atoms with van der Waals surface area (Å²) in [6, 6.07) is 0.336. The van der Waals surface area contributed by atoms with E-state index < -0.39 is 5.54 Å². The molecule has 5 nitrogen and oxygen atoms in total. The largest absolute Gasteiger partial charge is 0.352 e. The summed E-state index contributed by atoms with van der Waals surface area (Å²) in [5, 5.41) is 5.44. The van der Waals surface area contributed by atoms with Crippen LogP contribution in [0.1, 0.15) is 38.5 Å². The first kappa shape index (κ1) is 11.4. The summed E-state index contributed by atoms with van der Waals surface area (Å²) in [6.45, 7) is 0.0499. The SMILES string of the molecule is NC1(C(=O)NCC(=O)NC2CC2)CCCC1. The maximum absolute atomic E-state index is 11.8. The molecule has 0 bridgehead atoms. The molecule has 0 aromatic heterocycles. The van der Waals surface area contributed by atoms with Gasteiger partial charge in [-0.3, -0.25) is 9.59 Å². The number of carbonyl (C=O) groups is 2. The average Bonchev–Trinajstić information content (AvgIpc) is 2.95. The normalized spacial score (nSPS) is 22.8. The Morgan fingerprint density at radius 3 is 2.44 bits per heavy atom. The summed E-state index contributed by atoms with van der Waals surface area (Å²) in [4.78, 5) is 23.1. The molecular formula is C11H19N3O2. The van der Waals surface area contributed by atoms with Crippen LogP contribution in [0.3, 0.4) is 0 Å². The minimum Gasteiger partial charge on any atom is -0.352 e. The zero-order valence-corrected chi connectivity index (χ0v) is 9.42. The summed E-state index contributed by atoms with van der Waals surface area (Å²) in [6.07, 6.45) is 5.56. The third-order valence-corrected chi connectivity index (χ3v) is 3.30. The van der Waals surface area contributed by atoms with Crippen LogP contribution in [-0.2, 0) is 9.59 Å². The number of nitrogens with one attached hydrogen (secondary N) is 2. The number of rotatable bonds is 4. The van der Waals surface area contributed by atoms with Crippen molar-refractivity contribution >= 4 is 11.8 Å². The molecular weight excluding hydrogens is 206 g/mol. The Morgan fingerprint density at radius 1 is 1.25 bits per heavy atom. The fraction of sp³-hybridized carbons (Fsp3) is 0.818. The van der Waals surface area contributed by atoms with Gasteiger partial charge in [-0.15, -0.1) is 0 Å². The fourth-order valence-electron chi connectivity index (χ4n) is 2.08. The lowest BCUT2D eigenvalue weighted by Gasteiger charge is -2.21. The van der Waals surface area contributed by atoms with Gasteiger partial charge in [-0.05, 0) is 25.7 Å². The molecule has 0 aliphatic heterocycles. The molecule has 0 atom stereocenters. The molecule has 90 valence electrons. The lowest BCUT2D eigenvalue weighted by atomic mass is 9.98. The minimum absolute atomic E-state index is 0.0499. The molecule has 16 heavy (non-hydrogen) atoms. The smallest absolute Gasteiger partial charge is 0.240 e. The third-order valence-electron chi connectivity index (χ3n) is 3.30. The topological polar surface area (TPSA) is 84.2 Å². The highest BCUT2D eigenvalue weighted by Crippen LogP contribution is 2.27. The maximum Gasteiger partial charge on any atom is 0.240 e. The van der Waals surface area contributed by atoms with Gasteiger partial charge < -0.3 is 16.4 Å². The molecule has 2 aliphatic carbocycles. The highest BCUT2D eigenvalue weighted by atomic mass is 16.2. The van der Waals surface area contributed by atoms with Gasteiger partial charge in [-0.25, -0.2) is 0 Å². The molecule has 0 radical (unpaired) electrons. The zero-order valence-electron chi connectivity index (χ0n) is 9.42. The van der Waals surface area contributed by atoms with Crippen LogP contribution in [0.2, 0.25) is 0 Å². The van der Waals surface area contributed by atoms with Gasteiger partial charge in [0.2, 0.25) is 11.8 Å². The Morgan fingerprint density at radius 2 is 1.88 bits per heavy atom. The molecule has 5 heteroatoms. The maximum atomic E-state index is 11.8. The van der Waals surface area contributed by atoms with Crippen LogP contribution in [0, 0.1) is 0 Å². The Balaban J connectivity index is 1.71. The van der Waals surface area contributed by atoms with Gasteiger partial charge in [0.15, 0.2) is 0 Å². The van der Waals surface area contributed by atoms with E-state index in [-0.39, 0.29) is 18.4 Å². The standard InChI is InChI=1S/C11H19N3O2/c12-11(5-1-2-6-11)10(16)13-7-9(15)14-8-3-4-8/h8H,1-7,12H2,(H,13,16)(H,14,15). The van der Waals surface area contributed by atoms with Crippen LogP contribution in [0.15, 0.2) is 0 Å². The first-order chi connectivity index (χ1) is 7.60. The predicted molar refractivity (Wildman–Crippen MR) is 59.6 cm³/mol. The van der Waals surface area contributed by atoms with E-state index in [1.165, 1.54) is 0 Å². The molecule has 2 aliphatic rings. The molecule has 2 fully saturated rings. The van der Waals surface area contributed by atoms with Crippen LogP contribution < -0.4 is 16.4 Å². The summed E-state index contributed by atoms with van der Waals surface area (Å²) >= 11 is 0. The summed E-state index contributed by atoms with van der Waals surface area (Å²) < 4.78 is 0. The highest BCUT2D eigenvalue weighted by Gasteiger charge is 2.37. The molecule has 2 amide bonds. The van der Waals surface area contributed by atoms with E-state index in [9.17, 15) is 9.59 Å². The molecule has 4 N–H and O–H groups in total. The van der Waals surface area contributed by atoms with Crippen LogP contribution in [0.5, 0.6) is 0 Å². The molecule has 2 saturated carbocycles. The number of amides is 2. The van der Waals surface area contributed by atoms with Crippen LogP contribution in [0.4, 0.5) is 0 Å². The second-order valence-electron chi connectivity index (χ2n) is 4.89. The van der Waals surface area contributed by atoms with Crippen molar-refractivity contribution in [3.8, 4) is 0 Å². The Bertz CT molecular complexity index is 294. The van der Waals surface area contributed by atoms with Gasteiger partial charge in [-0.2, -0.15) is 0 Å². The van der Waals surface area contributed by atoms with Gasteiger partial charge in [-0.1, -0.05) is 12.8 Å². The fourth-order valence-corrected chi connectivity index (χ4v) is 2.08. The third kappa shape index (κ3) is 2.72. The second kappa shape index (κ2) is 4.41. The molecule has 0 unspecified atom stereocenters. The van der Waals surface area contributed by atoms with E-state index in [0.29, 0.717) is 6.04 Å². The summed E-state index contributed by atoms with van der Waals surface area (Å²) in [5.41, 5.74) is 5.22. The van der Waals surface area contributed by atoms with Crippen molar-refractivity contribution in [1.82, 2.24) is 10.6 Å². The van der Waals surface area contributed by atoms with Crippen molar-refractivity contribution in [3.05, 3.63) is 0 Å². The summed E-state index contributed by atoms with van der Waals surface area (Å²) in [7, 11) is 0. The number of nitrogens with two attached hydrogens (primary N) is 1. The van der Waals surface area contributed by atoms with E-state index in [1.54, 1.807) is 0 Å². The van der Waals surface area contributed by atoms with E-state index >= 15 is 0 Å². The van der Waals surface area contributed by atoms with Crippen molar-refractivity contribution in [2.45, 2.75) is 50.1 Å². The number of hydrogen-bond donors (Lipinski definition) is 3. The highest BCUT2D eigenvalue weighted by molar-refractivity contribution is 5.90. The van der Waals surface area contributed by atoms with Gasteiger partial charge in [0.1, 0.15) is 0 Å². The minimum atomic E-state index is -0.736. The average molecular weight is 225 g/mol. The van der Waals surface area contributed by atoms with E-state index in [4.69, 9.17) is 5.73 Å². The first-order valence-electron chi connectivity index (χ1n) is 5.97. The van der Waals surface area contributed by atoms with Crippen LogP contribution >= 0.6 is 0 Å². The molecule has 0 spiro atoms. The lowest BCUT2D eigenvalue weighted by Crippen LogP contribution is -2.53. The Labute approximate surface area is 95.1 Å². The van der Waals surface area contributed by atoms with Crippen molar-refractivity contribution in [3.63, 3.8) is 0 Å². The molecule has 2 rings (SSSR count).